The first-order valence-corrected chi connectivity index (χ1v) is 18.3. The van der Waals surface area contributed by atoms with E-state index in [1.54, 1.807) is 0 Å². The lowest BCUT2D eigenvalue weighted by molar-refractivity contribution is 0.636. The van der Waals surface area contributed by atoms with Gasteiger partial charge in [0.15, 0.2) is 5.82 Å². The van der Waals surface area contributed by atoms with Gasteiger partial charge in [-0.2, -0.15) is 0 Å². The lowest BCUT2D eigenvalue weighted by Crippen LogP contribution is -2.17. The number of benzene rings is 7. The number of rotatable bonds is 4. The fourth-order valence-electron chi connectivity index (χ4n) is 8.87. The van der Waals surface area contributed by atoms with Crippen LogP contribution in [0.15, 0.2) is 170 Å². The molecule has 0 N–H and O–H groups in total. The van der Waals surface area contributed by atoms with E-state index >= 15 is 0 Å². The lowest BCUT2D eigenvalue weighted by atomic mass is 9.85. The van der Waals surface area contributed by atoms with Gasteiger partial charge in [-0.1, -0.05) is 141 Å². The highest BCUT2D eigenvalue weighted by molar-refractivity contribution is 6.19. The molecule has 0 bridgehead atoms. The molecule has 3 heterocycles. The van der Waals surface area contributed by atoms with Crippen molar-refractivity contribution in [2.24, 2.45) is 0 Å². The summed E-state index contributed by atoms with van der Waals surface area (Å²) >= 11 is 0. The standard InChI is InChI=1S/C49H34N4/c1-49(2)39-25-13-9-23-35(39)45-46(50-48(51-47(45)49)31-17-5-3-6-18-31)36-24-12-16-28-42(36)53-41-27-15-11-22-34(41)38-29-37-33-21-10-14-26-40(33)52(43(37)30-44(38)53)32-19-7-4-8-20-32/h3-30H,1-2H3. The Morgan fingerprint density at radius 3 is 1.75 bits per heavy atom. The van der Waals surface area contributed by atoms with Gasteiger partial charge >= 0.3 is 0 Å². The highest BCUT2D eigenvalue weighted by Gasteiger charge is 2.40. The molecule has 0 radical (unpaired) electrons. The molecule has 0 saturated heterocycles. The summed E-state index contributed by atoms with van der Waals surface area (Å²) in [4.78, 5) is 10.8. The first kappa shape index (κ1) is 29.9. The van der Waals surface area contributed by atoms with Gasteiger partial charge in [-0.05, 0) is 53.6 Å². The molecule has 10 aromatic rings. The van der Waals surface area contributed by atoms with Crippen LogP contribution in [0.3, 0.4) is 0 Å². The fraction of sp³-hybridized carbons (Fsp3) is 0.0612. The van der Waals surface area contributed by atoms with E-state index < -0.39 is 0 Å². The van der Waals surface area contributed by atoms with Crippen molar-refractivity contribution in [3.63, 3.8) is 0 Å². The molecule has 0 fully saturated rings. The molecule has 11 rings (SSSR count). The largest absolute Gasteiger partial charge is 0.309 e. The van der Waals surface area contributed by atoms with Crippen LogP contribution in [0.5, 0.6) is 0 Å². The van der Waals surface area contributed by atoms with Crippen LogP contribution >= 0.6 is 0 Å². The minimum absolute atomic E-state index is 0.286. The summed E-state index contributed by atoms with van der Waals surface area (Å²) in [6.45, 7) is 4.58. The molecule has 250 valence electrons. The van der Waals surface area contributed by atoms with E-state index in [2.05, 4.69) is 187 Å². The summed E-state index contributed by atoms with van der Waals surface area (Å²) in [6.07, 6.45) is 0. The maximum absolute atomic E-state index is 5.48. The third-order valence-electron chi connectivity index (χ3n) is 11.3. The number of para-hydroxylation sites is 4. The molecular formula is C49H34N4. The molecule has 1 aliphatic carbocycles. The Bertz CT molecular complexity index is 3080. The van der Waals surface area contributed by atoms with Crippen LogP contribution in [0.4, 0.5) is 0 Å². The minimum atomic E-state index is -0.286. The smallest absolute Gasteiger partial charge is 0.160 e. The molecule has 0 atom stereocenters. The summed E-state index contributed by atoms with van der Waals surface area (Å²) < 4.78 is 4.86. The first-order valence-electron chi connectivity index (χ1n) is 18.3. The van der Waals surface area contributed by atoms with E-state index in [9.17, 15) is 0 Å². The Morgan fingerprint density at radius 2 is 1.02 bits per heavy atom. The van der Waals surface area contributed by atoms with E-state index in [1.807, 2.05) is 6.07 Å². The summed E-state index contributed by atoms with van der Waals surface area (Å²) in [5.41, 5.74) is 14.3. The first-order chi connectivity index (χ1) is 26.1. The van der Waals surface area contributed by atoms with Crippen molar-refractivity contribution in [2.45, 2.75) is 19.3 Å². The Morgan fingerprint density at radius 1 is 0.453 bits per heavy atom. The summed E-state index contributed by atoms with van der Waals surface area (Å²) in [5.74, 6) is 0.742. The van der Waals surface area contributed by atoms with Crippen LogP contribution in [0.1, 0.15) is 25.1 Å². The zero-order chi connectivity index (χ0) is 35.3. The van der Waals surface area contributed by atoms with Gasteiger partial charge in [-0.3, -0.25) is 0 Å². The van der Waals surface area contributed by atoms with E-state index in [4.69, 9.17) is 9.97 Å². The van der Waals surface area contributed by atoms with E-state index in [0.717, 1.165) is 56.3 Å². The second kappa shape index (κ2) is 11.1. The highest BCUT2D eigenvalue weighted by Crippen LogP contribution is 2.52. The number of hydrogen-bond acceptors (Lipinski definition) is 2. The Kier molecular flexibility index (Phi) is 6.27. The third-order valence-corrected chi connectivity index (χ3v) is 11.3. The molecule has 0 saturated carbocycles. The summed E-state index contributed by atoms with van der Waals surface area (Å²) in [5, 5.41) is 4.94. The number of nitrogens with zero attached hydrogens (tertiary/aromatic N) is 4. The highest BCUT2D eigenvalue weighted by atomic mass is 15.0. The van der Waals surface area contributed by atoms with Gasteiger partial charge in [-0.15, -0.1) is 0 Å². The lowest BCUT2D eigenvalue weighted by Gasteiger charge is -2.21. The fourth-order valence-corrected chi connectivity index (χ4v) is 8.87. The van der Waals surface area contributed by atoms with Crippen molar-refractivity contribution in [1.29, 1.82) is 0 Å². The Balaban J connectivity index is 1.26. The van der Waals surface area contributed by atoms with Crippen molar-refractivity contribution in [3.8, 4) is 45.1 Å². The van der Waals surface area contributed by atoms with Gasteiger partial charge in [0.1, 0.15) is 0 Å². The maximum atomic E-state index is 5.48. The maximum Gasteiger partial charge on any atom is 0.160 e. The molecule has 0 aliphatic heterocycles. The van der Waals surface area contributed by atoms with E-state index in [1.165, 1.54) is 43.7 Å². The average Bonchev–Trinajstić information content (AvgIpc) is 3.80. The molecule has 4 heteroatoms. The van der Waals surface area contributed by atoms with Crippen molar-refractivity contribution in [3.05, 3.63) is 181 Å². The monoisotopic (exact) mass is 678 g/mol. The summed E-state index contributed by atoms with van der Waals surface area (Å²) in [6, 6.07) is 61.0. The molecular weight excluding hydrogens is 645 g/mol. The normalized spacial score (nSPS) is 13.2. The van der Waals surface area contributed by atoms with Crippen LogP contribution < -0.4 is 0 Å². The predicted octanol–water partition coefficient (Wildman–Crippen LogP) is 12.3. The molecule has 0 spiro atoms. The van der Waals surface area contributed by atoms with Gasteiger partial charge in [0.2, 0.25) is 0 Å². The van der Waals surface area contributed by atoms with Gasteiger partial charge in [0.05, 0.1) is 39.1 Å². The molecule has 0 amide bonds. The SMILES string of the molecule is CC1(C)c2ccccc2-c2c(-c3ccccc3-n3c4ccccc4c4cc5c6ccccc6n(-c6ccccc6)c5cc43)nc(-c3ccccc3)nc21. The average molecular weight is 679 g/mol. The minimum Gasteiger partial charge on any atom is -0.309 e. The molecule has 0 unspecified atom stereocenters. The number of hydrogen-bond donors (Lipinski definition) is 0. The third kappa shape index (κ3) is 4.24. The zero-order valence-corrected chi connectivity index (χ0v) is 29.5. The van der Waals surface area contributed by atoms with Crippen LogP contribution in [-0.2, 0) is 5.41 Å². The molecule has 3 aromatic heterocycles. The van der Waals surface area contributed by atoms with Gasteiger partial charge < -0.3 is 9.13 Å². The summed E-state index contributed by atoms with van der Waals surface area (Å²) in [7, 11) is 0. The molecule has 1 aliphatic rings. The van der Waals surface area contributed by atoms with Crippen molar-refractivity contribution in [2.75, 3.05) is 0 Å². The second-order valence-corrected chi connectivity index (χ2v) is 14.6. The molecule has 7 aromatic carbocycles. The quantitative estimate of drug-likeness (QED) is 0.186. The Labute approximate surface area is 307 Å². The Hall–Kier alpha value is -6.78. The van der Waals surface area contributed by atoms with Gasteiger partial charge in [-0.25, -0.2) is 9.97 Å². The van der Waals surface area contributed by atoms with Crippen molar-refractivity contribution < 1.29 is 0 Å². The van der Waals surface area contributed by atoms with Gasteiger partial charge in [0.25, 0.3) is 0 Å². The van der Waals surface area contributed by atoms with E-state index in [-0.39, 0.29) is 5.41 Å². The topological polar surface area (TPSA) is 35.6 Å². The number of aromatic nitrogens is 4. The van der Waals surface area contributed by atoms with Crippen molar-refractivity contribution >= 4 is 43.6 Å². The van der Waals surface area contributed by atoms with Crippen LogP contribution in [0, 0.1) is 0 Å². The second-order valence-electron chi connectivity index (χ2n) is 14.6. The van der Waals surface area contributed by atoms with Crippen molar-refractivity contribution in [1.82, 2.24) is 19.1 Å². The molecule has 53 heavy (non-hydrogen) atoms. The van der Waals surface area contributed by atoms with Crippen LogP contribution in [-0.4, -0.2) is 19.1 Å². The number of fused-ring (bicyclic) bond motifs is 9. The van der Waals surface area contributed by atoms with Gasteiger partial charge in [0, 0.05) is 49.3 Å². The predicted molar refractivity (Wildman–Crippen MR) is 219 cm³/mol. The molecule has 4 nitrogen and oxygen atoms in total. The van der Waals surface area contributed by atoms with Crippen LogP contribution in [0.25, 0.3) is 88.8 Å². The zero-order valence-electron chi connectivity index (χ0n) is 29.5. The van der Waals surface area contributed by atoms with Crippen LogP contribution in [0.2, 0.25) is 0 Å². The van der Waals surface area contributed by atoms with E-state index in [0.29, 0.717) is 0 Å².